The fraction of sp³-hybridized carbons (Fsp3) is 0.360. The molecule has 1 fully saturated rings. The van der Waals surface area contributed by atoms with Gasteiger partial charge in [0.2, 0.25) is 11.5 Å². The summed E-state index contributed by atoms with van der Waals surface area (Å²) >= 11 is 0. The Morgan fingerprint density at radius 3 is 2.55 bits per heavy atom. The average Bonchev–Trinajstić information content (AvgIpc) is 3.17. The maximum atomic E-state index is 13.2. The predicted octanol–water partition coefficient (Wildman–Crippen LogP) is 3.20. The predicted molar refractivity (Wildman–Crippen MR) is 145 cm³/mol. The molecule has 6 nitrogen and oxygen atoms in total. The van der Waals surface area contributed by atoms with Crippen molar-refractivity contribution in [3.05, 3.63) is 82.1 Å². The average molecular weight is 490 g/mol. The highest BCUT2D eigenvalue weighted by Crippen LogP contribution is 2.24. The van der Waals surface area contributed by atoms with Crippen molar-refractivity contribution in [2.75, 3.05) is 26.7 Å². The van der Waals surface area contributed by atoms with Crippen LogP contribution in [-0.2, 0) is 11.2 Å². The smallest absolute Gasteiger partial charge is 0.248 e. The number of nitrogens with one attached hydrogen (secondary N) is 1. The summed E-state index contributed by atoms with van der Waals surface area (Å²) in [5.41, 5.74) is 2.63. The summed E-state index contributed by atoms with van der Waals surface area (Å²) in [7, 11) is 1.85. The molecule has 0 aliphatic carbocycles. The van der Waals surface area contributed by atoms with Crippen LogP contribution < -0.4 is 5.56 Å². The number of H-pyrrole nitrogens is 1. The number of pyridine rings is 1. The van der Waals surface area contributed by atoms with Gasteiger partial charge >= 0.3 is 0 Å². The first-order valence-electron chi connectivity index (χ1n) is 10.3. The number of hydrogen-bond acceptors (Lipinski definition) is 4. The van der Waals surface area contributed by atoms with E-state index in [9.17, 15) is 14.7 Å². The number of carbonyl (C=O) groups is 1. The first-order chi connectivity index (χ1) is 14.5. The van der Waals surface area contributed by atoms with Crippen molar-refractivity contribution >= 4 is 43.8 Å². The van der Waals surface area contributed by atoms with Crippen LogP contribution in [-0.4, -0.2) is 58.6 Å². The standard InChI is InChI=1S/C24H27N3O3.CH4.2H2S/c1-26(22(18-5-3-2-4-6-18)16-27-12-11-20(28)15-27)24(30)14-17-7-9-21-19(13-17)8-10-23(29)25-21;;;/h2-10,13,20,22,28H,11-12,14-16H2,1H3,(H,25,29);1H4;2*1H2/t20-,22+;;;/m0.../s1. The van der Waals surface area contributed by atoms with Crippen molar-refractivity contribution in [3.63, 3.8) is 0 Å². The number of fused-ring (bicyclic) bond motifs is 1. The van der Waals surface area contributed by atoms with Gasteiger partial charge in [0, 0.05) is 38.3 Å². The summed E-state index contributed by atoms with van der Waals surface area (Å²) in [6.07, 6.45) is 0.780. The third kappa shape index (κ3) is 7.11. The minimum Gasteiger partial charge on any atom is -0.392 e. The molecule has 2 aromatic carbocycles. The Labute approximate surface area is 209 Å². The SMILES string of the molecule is C.CN(C(=O)Cc1ccc2[nH]c(=O)ccc2c1)[C@H](CN1CC[C@H](O)C1)c1ccccc1.S.S. The Morgan fingerprint density at radius 2 is 1.88 bits per heavy atom. The molecule has 33 heavy (non-hydrogen) atoms. The molecule has 2 heterocycles. The second kappa shape index (κ2) is 12.8. The largest absolute Gasteiger partial charge is 0.392 e. The number of nitrogens with zero attached hydrogens (tertiary/aromatic N) is 2. The molecular weight excluding hydrogens is 454 g/mol. The molecule has 0 unspecified atom stereocenters. The fourth-order valence-corrected chi connectivity index (χ4v) is 4.14. The highest BCUT2D eigenvalue weighted by Gasteiger charge is 2.28. The van der Waals surface area contributed by atoms with Crippen molar-refractivity contribution in [2.24, 2.45) is 0 Å². The summed E-state index contributed by atoms with van der Waals surface area (Å²) in [6.45, 7) is 2.19. The molecule has 2 N–H and O–H groups in total. The number of carbonyl (C=O) groups excluding carboxylic acids is 1. The summed E-state index contributed by atoms with van der Waals surface area (Å²) < 4.78 is 0. The quantitative estimate of drug-likeness (QED) is 0.558. The molecule has 1 saturated heterocycles. The molecule has 1 aliphatic rings. The Hall–Kier alpha value is -2.26. The Bertz CT molecular complexity index is 1090. The lowest BCUT2D eigenvalue weighted by molar-refractivity contribution is -0.131. The number of rotatable bonds is 6. The molecule has 1 aromatic heterocycles. The number of β-amino-alcohol motifs (C(OH)–C–C–N with tert-alkyl or cyclic N) is 1. The van der Waals surface area contributed by atoms with E-state index in [2.05, 4.69) is 9.88 Å². The molecular formula is C25H35N3O3S2. The first-order valence-corrected chi connectivity index (χ1v) is 10.3. The van der Waals surface area contributed by atoms with E-state index in [0.717, 1.165) is 35.0 Å². The Morgan fingerprint density at radius 1 is 1.15 bits per heavy atom. The molecule has 8 heteroatoms. The zero-order valence-electron chi connectivity index (χ0n) is 18.1. The topological polar surface area (TPSA) is 76.6 Å². The van der Waals surface area contributed by atoms with Gasteiger partial charge in [-0.15, -0.1) is 0 Å². The minimum absolute atomic E-state index is 0. The van der Waals surface area contributed by atoms with Crippen LogP contribution in [0.2, 0.25) is 0 Å². The van der Waals surface area contributed by atoms with Gasteiger partial charge in [0.05, 0.1) is 18.6 Å². The second-order valence-corrected chi connectivity index (χ2v) is 8.05. The summed E-state index contributed by atoms with van der Waals surface area (Å²) in [6, 6.07) is 18.9. The number of benzene rings is 2. The molecule has 0 radical (unpaired) electrons. The monoisotopic (exact) mass is 489 g/mol. The number of aliphatic hydroxyl groups excluding tert-OH is 1. The van der Waals surface area contributed by atoms with E-state index in [1.165, 1.54) is 6.07 Å². The maximum Gasteiger partial charge on any atom is 0.248 e. The van der Waals surface area contributed by atoms with Crippen molar-refractivity contribution < 1.29 is 9.90 Å². The number of hydrogen-bond donors (Lipinski definition) is 2. The van der Waals surface area contributed by atoms with E-state index in [1.807, 2.05) is 60.5 Å². The lowest BCUT2D eigenvalue weighted by Gasteiger charge is -2.32. The highest BCUT2D eigenvalue weighted by atomic mass is 32.1. The number of likely N-dealkylation sites (N-methyl/N-ethyl adjacent to an activating group) is 1. The van der Waals surface area contributed by atoms with Gasteiger partial charge in [-0.2, -0.15) is 27.0 Å². The number of likely N-dealkylation sites (tertiary alicyclic amines) is 1. The van der Waals surface area contributed by atoms with Crippen LogP contribution in [0.5, 0.6) is 0 Å². The molecule has 2 atom stereocenters. The lowest BCUT2D eigenvalue weighted by Crippen LogP contribution is -2.39. The van der Waals surface area contributed by atoms with Crippen LogP contribution in [0.1, 0.15) is 31.0 Å². The Kier molecular flexibility index (Phi) is 11.2. The van der Waals surface area contributed by atoms with Gasteiger partial charge in [-0.25, -0.2) is 0 Å². The van der Waals surface area contributed by atoms with Gasteiger partial charge in [0.15, 0.2) is 0 Å². The normalized spacial score (nSPS) is 16.2. The third-order valence-electron chi connectivity index (χ3n) is 5.87. The van der Waals surface area contributed by atoms with Crippen LogP contribution in [0.4, 0.5) is 0 Å². The minimum atomic E-state index is -0.286. The molecule has 3 aromatic rings. The van der Waals surface area contributed by atoms with Gasteiger partial charge in [0.1, 0.15) is 0 Å². The molecule has 0 spiro atoms. The lowest BCUT2D eigenvalue weighted by atomic mass is 10.0. The molecule has 4 rings (SSSR count). The zero-order chi connectivity index (χ0) is 21.1. The first kappa shape index (κ1) is 28.8. The van der Waals surface area contributed by atoms with E-state index in [4.69, 9.17) is 0 Å². The van der Waals surface area contributed by atoms with Crippen LogP contribution in [0.15, 0.2) is 65.5 Å². The van der Waals surface area contributed by atoms with Crippen molar-refractivity contribution in [1.29, 1.82) is 0 Å². The number of aromatic amines is 1. The number of amides is 1. The Balaban J connectivity index is 0.00000181. The molecule has 0 saturated carbocycles. The van der Waals surface area contributed by atoms with Gasteiger partial charge in [0.25, 0.3) is 0 Å². The maximum absolute atomic E-state index is 13.2. The molecule has 180 valence electrons. The van der Waals surface area contributed by atoms with Crippen LogP contribution in [0.25, 0.3) is 10.9 Å². The van der Waals surface area contributed by atoms with Crippen LogP contribution in [0, 0.1) is 0 Å². The highest BCUT2D eigenvalue weighted by molar-refractivity contribution is 7.59. The second-order valence-electron chi connectivity index (χ2n) is 8.05. The van der Waals surface area contributed by atoms with Gasteiger partial charge in [-0.05, 0) is 41.1 Å². The van der Waals surface area contributed by atoms with E-state index < -0.39 is 0 Å². The van der Waals surface area contributed by atoms with Crippen LogP contribution >= 0.6 is 27.0 Å². The van der Waals surface area contributed by atoms with E-state index in [0.29, 0.717) is 13.1 Å². The third-order valence-corrected chi connectivity index (χ3v) is 5.87. The van der Waals surface area contributed by atoms with E-state index >= 15 is 0 Å². The summed E-state index contributed by atoms with van der Waals surface area (Å²) in [5, 5.41) is 10.8. The van der Waals surface area contributed by atoms with Gasteiger partial charge in [-0.3, -0.25) is 14.5 Å². The van der Waals surface area contributed by atoms with E-state index in [1.54, 1.807) is 6.07 Å². The van der Waals surface area contributed by atoms with Crippen molar-refractivity contribution in [3.8, 4) is 0 Å². The fourth-order valence-electron chi connectivity index (χ4n) is 4.14. The van der Waals surface area contributed by atoms with Crippen molar-refractivity contribution in [2.45, 2.75) is 32.4 Å². The number of aromatic nitrogens is 1. The van der Waals surface area contributed by atoms with Crippen molar-refractivity contribution in [1.82, 2.24) is 14.8 Å². The van der Waals surface area contributed by atoms with E-state index in [-0.39, 0.29) is 64.5 Å². The molecule has 1 aliphatic heterocycles. The summed E-state index contributed by atoms with van der Waals surface area (Å²) in [4.78, 5) is 31.5. The van der Waals surface area contributed by atoms with Gasteiger partial charge in [-0.1, -0.05) is 43.8 Å². The number of aliphatic hydroxyl groups is 1. The summed E-state index contributed by atoms with van der Waals surface area (Å²) in [5.74, 6) is 0.0346. The molecule has 0 bridgehead atoms. The molecule has 1 amide bonds. The zero-order valence-corrected chi connectivity index (χ0v) is 20.1. The van der Waals surface area contributed by atoms with Gasteiger partial charge < -0.3 is 15.0 Å². The van der Waals surface area contributed by atoms with Crippen LogP contribution in [0.3, 0.4) is 0 Å².